The summed E-state index contributed by atoms with van der Waals surface area (Å²) >= 11 is 0. The maximum atomic E-state index is 11.4. The summed E-state index contributed by atoms with van der Waals surface area (Å²) in [5.74, 6) is 1.01. The molecule has 0 amide bonds. The van der Waals surface area contributed by atoms with E-state index >= 15 is 0 Å². The van der Waals surface area contributed by atoms with Crippen LogP contribution in [0.4, 0.5) is 0 Å². The van der Waals surface area contributed by atoms with Gasteiger partial charge in [0.2, 0.25) is 0 Å². The highest BCUT2D eigenvalue weighted by atomic mass is 16.3. The van der Waals surface area contributed by atoms with Gasteiger partial charge in [-0.2, -0.15) is 0 Å². The number of hydrogen-bond donors (Lipinski definition) is 1. The van der Waals surface area contributed by atoms with Gasteiger partial charge < -0.3 is 5.11 Å². The van der Waals surface area contributed by atoms with Gasteiger partial charge in [0.05, 0.1) is 6.10 Å². The quantitative estimate of drug-likeness (QED) is 0.595. The van der Waals surface area contributed by atoms with Crippen molar-refractivity contribution in [3.8, 4) is 0 Å². The molecule has 2 aliphatic rings. The van der Waals surface area contributed by atoms with Crippen molar-refractivity contribution in [1.82, 2.24) is 0 Å². The lowest BCUT2D eigenvalue weighted by Gasteiger charge is -2.49. The summed E-state index contributed by atoms with van der Waals surface area (Å²) in [4.78, 5) is 11.4. The van der Waals surface area contributed by atoms with E-state index in [1.165, 1.54) is 0 Å². The molecule has 0 radical (unpaired) electrons. The number of aliphatic hydroxyl groups excluding tert-OH is 1. The van der Waals surface area contributed by atoms with Gasteiger partial charge in [0.25, 0.3) is 0 Å². The molecule has 2 heteroatoms. The van der Waals surface area contributed by atoms with E-state index < -0.39 is 0 Å². The highest BCUT2D eigenvalue weighted by Crippen LogP contribution is 2.52. The Morgan fingerprint density at radius 1 is 1.42 bits per heavy atom. The van der Waals surface area contributed by atoms with Crippen LogP contribution in [0, 0.1) is 11.3 Å². The normalized spacial score (nSPS) is 47.7. The van der Waals surface area contributed by atoms with Crippen LogP contribution < -0.4 is 0 Å². The minimum absolute atomic E-state index is 0.000764. The summed E-state index contributed by atoms with van der Waals surface area (Å²) in [7, 11) is 0. The number of ketones is 1. The first-order valence-electron chi connectivity index (χ1n) is 4.86. The Morgan fingerprint density at radius 3 is 2.42 bits per heavy atom. The van der Waals surface area contributed by atoms with Crippen molar-refractivity contribution in [3.63, 3.8) is 0 Å². The molecule has 0 bridgehead atoms. The Bertz CT molecular complexity index is 202. The molecule has 1 spiro atoms. The summed E-state index contributed by atoms with van der Waals surface area (Å²) in [6, 6.07) is 0. The first kappa shape index (κ1) is 8.24. The lowest BCUT2D eigenvalue weighted by molar-refractivity contribution is -0.150. The molecule has 12 heavy (non-hydrogen) atoms. The van der Waals surface area contributed by atoms with E-state index in [-0.39, 0.29) is 11.5 Å². The number of hydrogen-bond acceptors (Lipinski definition) is 2. The van der Waals surface area contributed by atoms with E-state index in [9.17, 15) is 9.90 Å². The molecular formula is C10H16O2. The van der Waals surface area contributed by atoms with Crippen LogP contribution in [-0.4, -0.2) is 17.0 Å². The zero-order valence-corrected chi connectivity index (χ0v) is 7.55. The summed E-state index contributed by atoms with van der Waals surface area (Å²) in [6.45, 7) is 2.17. The van der Waals surface area contributed by atoms with Crippen molar-refractivity contribution in [1.29, 1.82) is 0 Å². The fraction of sp³-hybridized carbons (Fsp3) is 0.900. The fourth-order valence-corrected chi connectivity index (χ4v) is 2.71. The van der Waals surface area contributed by atoms with Gasteiger partial charge in [0.15, 0.2) is 0 Å². The molecule has 2 rings (SSSR count). The Balaban J connectivity index is 2.07. The monoisotopic (exact) mass is 168 g/mol. The number of rotatable bonds is 0. The Kier molecular flexibility index (Phi) is 1.76. The van der Waals surface area contributed by atoms with Gasteiger partial charge in [-0.05, 0) is 31.6 Å². The van der Waals surface area contributed by atoms with Crippen molar-refractivity contribution in [2.24, 2.45) is 11.3 Å². The number of carbonyl (C=O) groups excluding carboxylic acids is 1. The second-order valence-electron chi connectivity index (χ2n) is 4.42. The zero-order valence-electron chi connectivity index (χ0n) is 7.55. The standard InChI is InChI=1S/C10H16O2/c1-7-6-9(12)10(7)4-2-8(11)3-5-10/h7-8,11H,2-6H2,1H3. The van der Waals surface area contributed by atoms with E-state index in [1.54, 1.807) is 0 Å². The van der Waals surface area contributed by atoms with Gasteiger partial charge in [0.1, 0.15) is 5.78 Å². The minimum atomic E-state index is -0.142. The average molecular weight is 168 g/mol. The summed E-state index contributed by atoms with van der Waals surface area (Å²) in [6.07, 6.45) is 4.14. The molecule has 2 aliphatic carbocycles. The first-order valence-corrected chi connectivity index (χ1v) is 4.86. The minimum Gasteiger partial charge on any atom is -0.393 e. The van der Waals surface area contributed by atoms with Crippen LogP contribution in [-0.2, 0) is 4.79 Å². The van der Waals surface area contributed by atoms with E-state index in [2.05, 4.69) is 6.92 Å². The lowest BCUT2D eigenvalue weighted by Crippen LogP contribution is -2.51. The third-order valence-corrected chi connectivity index (χ3v) is 3.84. The van der Waals surface area contributed by atoms with E-state index in [0.717, 1.165) is 32.1 Å². The molecule has 0 heterocycles. The molecule has 0 aromatic heterocycles. The number of Topliss-reactive ketones (excluding diaryl/α,β-unsaturated/α-hetero) is 1. The van der Waals surface area contributed by atoms with Crippen molar-refractivity contribution in [3.05, 3.63) is 0 Å². The lowest BCUT2D eigenvalue weighted by atomic mass is 9.53. The molecule has 2 saturated carbocycles. The first-order chi connectivity index (χ1) is 5.65. The number of carbonyl (C=O) groups is 1. The SMILES string of the molecule is CC1CC(=O)C12CCC(O)CC2. The molecule has 1 atom stereocenters. The van der Waals surface area contributed by atoms with Crippen molar-refractivity contribution < 1.29 is 9.90 Å². The van der Waals surface area contributed by atoms with Crippen LogP contribution in [0.1, 0.15) is 39.0 Å². The molecular weight excluding hydrogens is 152 g/mol. The molecule has 0 aromatic rings. The van der Waals surface area contributed by atoms with Gasteiger partial charge in [-0.3, -0.25) is 4.79 Å². The summed E-state index contributed by atoms with van der Waals surface area (Å²) < 4.78 is 0. The molecule has 68 valence electrons. The Hall–Kier alpha value is -0.370. The molecule has 0 saturated heterocycles. The van der Waals surface area contributed by atoms with Crippen LogP contribution in [0.3, 0.4) is 0 Å². The Labute approximate surface area is 73.0 Å². The molecule has 0 aliphatic heterocycles. The highest BCUT2D eigenvalue weighted by molar-refractivity contribution is 5.91. The Morgan fingerprint density at radius 2 is 2.00 bits per heavy atom. The molecule has 2 fully saturated rings. The predicted octanol–water partition coefficient (Wildman–Crippen LogP) is 1.52. The second kappa shape index (κ2) is 2.56. The van der Waals surface area contributed by atoms with Crippen molar-refractivity contribution >= 4 is 5.78 Å². The molecule has 1 N–H and O–H groups in total. The predicted molar refractivity (Wildman–Crippen MR) is 45.7 cm³/mol. The van der Waals surface area contributed by atoms with Crippen LogP contribution in [0.2, 0.25) is 0 Å². The molecule has 2 nitrogen and oxygen atoms in total. The van der Waals surface area contributed by atoms with E-state index in [0.29, 0.717) is 11.7 Å². The van der Waals surface area contributed by atoms with Gasteiger partial charge in [-0.15, -0.1) is 0 Å². The smallest absolute Gasteiger partial charge is 0.139 e. The highest BCUT2D eigenvalue weighted by Gasteiger charge is 2.52. The third-order valence-electron chi connectivity index (χ3n) is 3.84. The third kappa shape index (κ3) is 0.939. The fourth-order valence-electron chi connectivity index (χ4n) is 2.71. The topological polar surface area (TPSA) is 37.3 Å². The maximum absolute atomic E-state index is 11.4. The van der Waals surface area contributed by atoms with Gasteiger partial charge >= 0.3 is 0 Å². The molecule has 0 aromatic carbocycles. The largest absolute Gasteiger partial charge is 0.393 e. The van der Waals surface area contributed by atoms with Crippen LogP contribution in [0.25, 0.3) is 0 Å². The van der Waals surface area contributed by atoms with Crippen LogP contribution in [0.15, 0.2) is 0 Å². The number of aliphatic hydroxyl groups is 1. The van der Waals surface area contributed by atoms with Gasteiger partial charge in [-0.1, -0.05) is 6.92 Å². The maximum Gasteiger partial charge on any atom is 0.139 e. The summed E-state index contributed by atoms with van der Waals surface area (Å²) in [5, 5.41) is 9.32. The van der Waals surface area contributed by atoms with E-state index in [4.69, 9.17) is 0 Å². The van der Waals surface area contributed by atoms with Crippen molar-refractivity contribution in [2.75, 3.05) is 0 Å². The molecule has 1 unspecified atom stereocenters. The van der Waals surface area contributed by atoms with Gasteiger partial charge in [-0.25, -0.2) is 0 Å². The summed E-state index contributed by atoms with van der Waals surface area (Å²) in [5.41, 5.74) is -0.000764. The van der Waals surface area contributed by atoms with Crippen LogP contribution in [0.5, 0.6) is 0 Å². The average Bonchev–Trinajstić information content (AvgIpc) is 2.06. The zero-order chi connectivity index (χ0) is 8.77. The van der Waals surface area contributed by atoms with Crippen LogP contribution >= 0.6 is 0 Å². The van der Waals surface area contributed by atoms with E-state index in [1.807, 2.05) is 0 Å². The second-order valence-corrected chi connectivity index (χ2v) is 4.42. The van der Waals surface area contributed by atoms with Crippen molar-refractivity contribution in [2.45, 2.75) is 45.1 Å². The van der Waals surface area contributed by atoms with Gasteiger partial charge in [0, 0.05) is 11.8 Å².